The SMILES string of the molecule is CC(C)CC1CCCC2(CN=C(N)N2C2CC2)C1. The van der Waals surface area contributed by atoms with Gasteiger partial charge in [-0.05, 0) is 43.9 Å². The molecule has 0 bridgehead atoms. The number of hydrogen-bond acceptors (Lipinski definition) is 3. The molecule has 0 radical (unpaired) electrons. The second kappa shape index (κ2) is 4.43. The Hall–Kier alpha value is -0.730. The van der Waals surface area contributed by atoms with Crippen LogP contribution in [0.2, 0.25) is 0 Å². The number of nitrogens with zero attached hydrogens (tertiary/aromatic N) is 2. The van der Waals surface area contributed by atoms with Crippen molar-refractivity contribution in [1.82, 2.24) is 4.90 Å². The number of nitrogens with two attached hydrogens (primary N) is 1. The molecule has 2 fully saturated rings. The number of rotatable bonds is 3. The third-order valence-electron chi connectivity index (χ3n) is 4.93. The van der Waals surface area contributed by atoms with Gasteiger partial charge in [0.15, 0.2) is 5.96 Å². The Balaban J connectivity index is 1.73. The predicted molar refractivity (Wildman–Crippen MR) is 75.5 cm³/mol. The summed E-state index contributed by atoms with van der Waals surface area (Å²) in [6.07, 6.45) is 9.44. The maximum Gasteiger partial charge on any atom is 0.192 e. The van der Waals surface area contributed by atoms with Crippen molar-refractivity contribution in [3.8, 4) is 0 Å². The Labute approximate surface area is 111 Å². The van der Waals surface area contributed by atoms with Gasteiger partial charge in [-0.3, -0.25) is 4.99 Å². The van der Waals surface area contributed by atoms with E-state index in [9.17, 15) is 0 Å². The first-order valence-corrected chi connectivity index (χ1v) is 7.70. The van der Waals surface area contributed by atoms with Crippen molar-refractivity contribution in [2.24, 2.45) is 22.6 Å². The highest BCUT2D eigenvalue weighted by Crippen LogP contribution is 2.46. The van der Waals surface area contributed by atoms with Gasteiger partial charge in [-0.15, -0.1) is 0 Å². The molecule has 3 rings (SSSR count). The zero-order valence-corrected chi connectivity index (χ0v) is 11.9. The van der Waals surface area contributed by atoms with Crippen molar-refractivity contribution in [1.29, 1.82) is 0 Å². The molecule has 1 heterocycles. The number of guanidine groups is 1. The first-order valence-electron chi connectivity index (χ1n) is 7.70. The average Bonchev–Trinajstić information content (AvgIpc) is 3.06. The van der Waals surface area contributed by atoms with E-state index >= 15 is 0 Å². The lowest BCUT2D eigenvalue weighted by molar-refractivity contribution is 0.0940. The molecule has 2 atom stereocenters. The lowest BCUT2D eigenvalue weighted by atomic mass is 9.72. The summed E-state index contributed by atoms with van der Waals surface area (Å²) in [4.78, 5) is 7.10. The van der Waals surface area contributed by atoms with Crippen molar-refractivity contribution < 1.29 is 0 Å². The second-order valence-electron chi connectivity index (χ2n) is 7.09. The molecule has 2 aliphatic carbocycles. The predicted octanol–water partition coefficient (Wildman–Crippen LogP) is 2.75. The molecule has 0 aromatic rings. The average molecular weight is 249 g/mol. The van der Waals surface area contributed by atoms with Gasteiger partial charge in [0.2, 0.25) is 0 Å². The molecule has 102 valence electrons. The second-order valence-corrected chi connectivity index (χ2v) is 7.09. The third kappa shape index (κ3) is 2.12. The van der Waals surface area contributed by atoms with E-state index in [0.29, 0.717) is 11.6 Å². The molecular weight excluding hydrogens is 222 g/mol. The van der Waals surface area contributed by atoms with Crippen LogP contribution in [-0.4, -0.2) is 29.0 Å². The molecule has 2 N–H and O–H groups in total. The van der Waals surface area contributed by atoms with E-state index in [-0.39, 0.29) is 0 Å². The molecular formula is C15H27N3. The summed E-state index contributed by atoms with van der Waals surface area (Å²) in [5, 5.41) is 0. The molecule has 3 nitrogen and oxygen atoms in total. The van der Waals surface area contributed by atoms with Gasteiger partial charge in [0.1, 0.15) is 0 Å². The van der Waals surface area contributed by atoms with Crippen LogP contribution in [0.3, 0.4) is 0 Å². The summed E-state index contributed by atoms with van der Waals surface area (Å²) in [7, 11) is 0. The maximum absolute atomic E-state index is 6.15. The minimum absolute atomic E-state index is 0.309. The van der Waals surface area contributed by atoms with Crippen LogP contribution in [0.1, 0.15) is 58.8 Å². The number of aliphatic imine (C=N–C) groups is 1. The third-order valence-corrected chi connectivity index (χ3v) is 4.93. The van der Waals surface area contributed by atoms with Crippen LogP contribution in [0, 0.1) is 11.8 Å². The Kier molecular flexibility index (Phi) is 3.03. The van der Waals surface area contributed by atoms with Gasteiger partial charge in [0.25, 0.3) is 0 Å². The highest BCUT2D eigenvalue weighted by molar-refractivity contribution is 5.81. The summed E-state index contributed by atoms with van der Waals surface area (Å²) < 4.78 is 0. The highest BCUT2D eigenvalue weighted by atomic mass is 15.4. The molecule has 2 unspecified atom stereocenters. The van der Waals surface area contributed by atoms with Crippen molar-refractivity contribution in [3.63, 3.8) is 0 Å². The first kappa shape index (κ1) is 12.3. The zero-order chi connectivity index (χ0) is 12.8. The van der Waals surface area contributed by atoms with Gasteiger partial charge in [-0.25, -0.2) is 0 Å². The van der Waals surface area contributed by atoms with E-state index in [1.165, 1.54) is 44.9 Å². The van der Waals surface area contributed by atoms with E-state index in [1.54, 1.807) is 0 Å². The minimum Gasteiger partial charge on any atom is -0.370 e. The van der Waals surface area contributed by atoms with Gasteiger partial charge < -0.3 is 10.6 Å². The standard InChI is InChI=1S/C15H27N3/c1-11(2)8-12-4-3-7-15(9-12)10-17-14(16)18(15)13-5-6-13/h11-13H,3-10H2,1-2H3,(H2,16,17). The molecule has 18 heavy (non-hydrogen) atoms. The Morgan fingerprint density at radius 1 is 1.39 bits per heavy atom. The van der Waals surface area contributed by atoms with Gasteiger partial charge in [-0.2, -0.15) is 0 Å². The highest BCUT2D eigenvalue weighted by Gasteiger charge is 2.50. The fourth-order valence-corrected chi connectivity index (χ4v) is 4.22. The minimum atomic E-state index is 0.309. The summed E-state index contributed by atoms with van der Waals surface area (Å²) in [6.45, 7) is 5.66. The van der Waals surface area contributed by atoms with Crippen LogP contribution in [0.5, 0.6) is 0 Å². The van der Waals surface area contributed by atoms with E-state index in [2.05, 4.69) is 23.7 Å². The molecule has 0 aromatic carbocycles. The maximum atomic E-state index is 6.15. The van der Waals surface area contributed by atoms with E-state index in [4.69, 9.17) is 5.73 Å². The molecule has 3 heteroatoms. The van der Waals surface area contributed by atoms with Crippen LogP contribution >= 0.6 is 0 Å². The fraction of sp³-hybridized carbons (Fsp3) is 0.933. The zero-order valence-electron chi connectivity index (χ0n) is 11.9. The molecule has 2 saturated carbocycles. The fourth-order valence-electron chi connectivity index (χ4n) is 4.22. The molecule has 0 amide bonds. The quantitative estimate of drug-likeness (QED) is 0.835. The molecule has 3 aliphatic rings. The van der Waals surface area contributed by atoms with Crippen molar-refractivity contribution in [2.75, 3.05) is 6.54 Å². The first-order chi connectivity index (χ1) is 8.61. The summed E-state index contributed by atoms with van der Waals surface area (Å²) in [5.41, 5.74) is 6.46. The van der Waals surface area contributed by atoms with Crippen LogP contribution in [0.4, 0.5) is 0 Å². The Morgan fingerprint density at radius 3 is 2.83 bits per heavy atom. The monoisotopic (exact) mass is 249 g/mol. The van der Waals surface area contributed by atoms with E-state index in [1.807, 2.05) is 0 Å². The molecule has 1 spiro atoms. The van der Waals surface area contributed by atoms with Crippen molar-refractivity contribution >= 4 is 5.96 Å². The van der Waals surface area contributed by atoms with Gasteiger partial charge in [0.05, 0.1) is 12.1 Å². The molecule has 0 aromatic heterocycles. The lowest BCUT2D eigenvalue weighted by Crippen LogP contribution is -2.55. The molecule has 0 saturated heterocycles. The van der Waals surface area contributed by atoms with Gasteiger partial charge >= 0.3 is 0 Å². The normalized spacial score (nSPS) is 36.5. The van der Waals surface area contributed by atoms with Crippen molar-refractivity contribution in [3.05, 3.63) is 0 Å². The van der Waals surface area contributed by atoms with Crippen LogP contribution in [0.15, 0.2) is 4.99 Å². The Bertz CT molecular complexity index is 346. The topological polar surface area (TPSA) is 41.6 Å². The summed E-state index contributed by atoms with van der Waals surface area (Å²) >= 11 is 0. The van der Waals surface area contributed by atoms with Gasteiger partial charge in [-0.1, -0.05) is 26.7 Å². The van der Waals surface area contributed by atoms with Gasteiger partial charge in [0, 0.05) is 6.04 Å². The smallest absolute Gasteiger partial charge is 0.192 e. The lowest BCUT2D eigenvalue weighted by Gasteiger charge is -2.45. The number of hydrogen-bond donors (Lipinski definition) is 1. The van der Waals surface area contributed by atoms with Crippen LogP contribution < -0.4 is 5.73 Å². The van der Waals surface area contributed by atoms with Crippen LogP contribution in [0.25, 0.3) is 0 Å². The largest absolute Gasteiger partial charge is 0.370 e. The van der Waals surface area contributed by atoms with E-state index in [0.717, 1.165) is 24.3 Å². The van der Waals surface area contributed by atoms with E-state index < -0.39 is 0 Å². The Morgan fingerprint density at radius 2 is 2.17 bits per heavy atom. The van der Waals surface area contributed by atoms with Crippen LogP contribution in [-0.2, 0) is 0 Å². The van der Waals surface area contributed by atoms with Crippen molar-refractivity contribution in [2.45, 2.75) is 70.4 Å². The summed E-state index contributed by atoms with van der Waals surface area (Å²) in [5.74, 6) is 2.54. The molecule has 1 aliphatic heterocycles. The summed E-state index contributed by atoms with van der Waals surface area (Å²) in [6, 6.07) is 0.717.